The van der Waals surface area contributed by atoms with Gasteiger partial charge in [0.25, 0.3) is 0 Å². The Hall–Kier alpha value is -0.600. The van der Waals surface area contributed by atoms with Gasteiger partial charge in [0.2, 0.25) is 0 Å². The lowest BCUT2D eigenvalue weighted by molar-refractivity contribution is 1.25. The summed E-state index contributed by atoms with van der Waals surface area (Å²) in [5, 5.41) is 0. The summed E-state index contributed by atoms with van der Waals surface area (Å²) in [5.41, 5.74) is 5.33. The van der Waals surface area contributed by atoms with Gasteiger partial charge in [-0.3, -0.25) is 0 Å². The lowest BCUT2D eigenvalue weighted by Crippen LogP contribution is -1.79. The van der Waals surface area contributed by atoms with Crippen molar-refractivity contribution in [1.29, 1.82) is 0 Å². The van der Waals surface area contributed by atoms with Gasteiger partial charge in [-0.2, -0.15) is 0 Å². The van der Waals surface area contributed by atoms with E-state index in [9.17, 15) is 0 Å². The number of rotatable bonds is 0. The summed E-state index contributed by atoms with van der Waals surface area (Å²) >= 11 is 7.01. The van der Waals surface area contributed by atoms with Crippen molar-refractivity contribution in [3.63, 3.8) is 0 Å². The van der Waals surface area contributed by atoms with Gasteiger partial charge in [-0.1, -0.05) is 37.9 Å². The van der Waals surface area contributed by atoms with Crippen LogP contribution in [0, 0.1) is 6.07 Å². The molecule has 2 heteroatoms. The van der Waals surface area contributed by atoms with Crippen molar-refractivity contribution in [2.75, 3.05) is 0 Å². The first-order valence-electron chi connectivity index (χ1n) is 4.73. The second kappa shape index (κ2) is 3.46. The molecule has 1 aliphatic rings. The van der Waals surface area contributed by atoms with Crippen LogP contribution in [0.25, 0.3) is 11.1 Å². The highest BCUT2D eigenvalue weighted by atomic mass is 79.9. The van der Waals surface area contributed by atoms with Crippen molar-refractivity contribution in [3.05, 3.63) is 56.5 Å². The molecular formula is C13H7Br2. The van der Waals surface area contributed by atoms with Gasteiger partial charge in [-0.15, -0.1) is 0 Å². The fourth-order valence-corrected chi connectivity index (χ4v) is 2.74. The molecule has 0 saturated carbocycles. The Kier molecular flexibility index (Phi) is 2.22. The summed E-state index contributed by atoms with van der Waals surface area (Å²) in [5.74, 6) is 0. The van der Waals surface area contributed by atoms with E-state index in [0.29, 0.717) is 0 Å². The van der Waals surface area contributed by atoms with Gasteiger partial charge >= 0.3 is 0 Å². The molecule has 2 aromatic carbocycles. The maximum Gasteiger partial charge on any atom is 0.0187 e. The predicted molar refractivity (Wildman–Crippen MR) is 68.9 cm³/mol. The van der Waals surface area contributed by atoms with Gasteiger partial charge in [0, 0.05) is 8.95 Å². The van der Waals surface area contributed by atoms with Gasteiger partial charge in [0.15, 0.2) is 0 Å². The zero-order valence-electron chi connectivity index (χ0n) is 7.85. The average molecular weight is 323 g/mol. The molecule has 0 spiro atoms. The largest absolute Gasteiger partial charge is 0.0570 e. The van der Waals surface area contributed by atoms with E-state index in [0.717, 1.165) is 15.4 Å². The molecule has 73 valence electrons. The molecule has 0 aliphatic heterocycles. The fraction of sp³-hybridized carbons (Fsp3) is 0.0769. The van der Waals surface area contributed by atoms with E-state index < -0.39 is 0 Å². The maximum atomic E-state index is 3.51. The average Bonchev–Trinajstić information content (AvgIpc) is 2.56. The first kappa shape index (κ1) is 9.61. The molecule has 0 heterocycles. The number of fused-ring (bicyclic) bond motifs is 3. The molecule has 3 rings (SSSR count). The maximum absolute atomic E-state index is 3.51. The van der Waals surface area contributed by atoms with Crippen molar-refractivity contribution < 1.29 is 0 Å². The zero-order chi connectivity index (χ0) is 10.4. The van der Waals surface area contributed by atoms with E-state index in [1.54, 1.807) is 0 Å². The Labute approximate surface area is 106 Å². The Bertz CT molecular complexity index is 495. The Morgan fingerprint density at radius 2 is 1.80 bits per heavy atom. The Morgan fingerprint density at radius 1 is 1.00 bits per heavy atom. The Balaban J connectivity index is 2.28. The summed E-state index contributed by atoms with van der Waals surface area (Å²) in [6.45, 7) is 0. The molecule has 0 fully saturated rings. The normalized spacial score (nSPS) is 12.4. The van der Waals surface area contributed by atoms with E-state index >= 15 is 0 Å². The number of halogens is 2. The molecule has 2 aromatic rings. The second-order valence-corrected chi connectivity index (χ2v) is 5.52. The minimum absolute atomic E-state index is 1.01. The third kappa shape index (κ3) is 1.56. The first-order valence-corrected chi connectivity index (χ1v) is 6.31. The van der Waals surface area contributed by atoms with Crippen molar-refractivity contribution in [1.82, 2.24) is 0 Å². The van der Waals surface area contributed by atoms with Crippen LogP contribution in [-0.2, 0) is 6.42 Å². The SMILES string of the molecule is Brc1c[c]c2c(c1)-c1cc(Br)ccc1C2. The van der Waals surface area contributed by atoms with Gasteiger partial charge in [0.1, 0.15) is 0 Å². The second-order valence-electron chi connectivity index (χ2n) is 3.69. The van der Waals surface area contributed by atoms with E-state index in [-0.39, 0.29) is 0 Å². The van der Waals surface area contributed by atoms with Crippen LogP contribution in [0.3, 0.4) is 0 Å². The molecule has 0 aromatic heterocycles. The van der Waals surface area contributed by atoms with Crippen LogP contribution >= 0.6 is 31.9 Å². The monoisotopic (exact) mass is 321 g/mol. The quantitative estimate of drug-likeness (QED) is 0.568. The highest BCUT2D eigenvalue weighted by Gasteiger charge is 2.18. The number of hydrogen-bond acceptors (Lipinski definition) is 0. The highest BCUT2D eigenvalue weighted by molar-refractivity contribution is 9.10. The fourth-order valence-electron chi connectivity index (χ4n) is 2.03. The number of benzene rings is 2. The van der Waals surface area contributed by atoms with E-state index in [4.69, 9.17) is 0 Å². The summed E-state index contributed by atoms with van der Waals surface area (Å²) in [7, 11) is 0. The summed E-state index contributed by atoms with van der Waals surface area (Å²) in [6.07, 6.45) is 1.01. The van der Waals surface area contributed by atoms with Crippen LogP contribution < -0.4 is 0 Å². The lowest BCUT2D eigenvalue weighted by atomic mass is 10.1. The summed E-state index contributed by atoms with van der Waals surface area (Å²) in [4.78, 5) is 0. The standard InChI is InChI=1S/C13H7Br2/c14-10-3-1-8-5-9-2-4-11(15)7-13(9)12(8)6-10/h1,3-4,6-7H,5H2. The summed E-state index contributed by atoms with van der Waals surface area (Å²) in [6, 6.07) is 13.9. The smallest absolute Gasteiger partial charge is 0.0187 e. The molecule has 0 bridgehead atoms. The molecule has 0 saturated heterocycles. The Morgan fingerprint density at radius 3 is 2.67 bits per heavy atom. The van der Waals surface area contributed by atoms with Crippen LogP contribution in [-0.4, -0.2) is 0 Å². The summed E-state index contributed by atoms with van der Waals surface area (Å²) < 4.78 is 2.23. The van der Waals surface area contributed by atoms with Crippen LogP contribution in [0.15, 0.2) is 39.3 Å². The van der Waals surface area contributed by atoms with E-state index in [1.165, 1.54) is 22.3 Å². The molecule has 1 aliphatic carbocycles. The molecule has 0 unspecified atom stereocenters. The third-order valence-corrected chi connectivity index (χ3v) is 3.67. The van der Waals surface area contributed by atoms with Crippen LogP contribution in [0.1, 0.15) is 11.1 Å². The van der Waals surface area contributed by atoms with Gasteiger partial charge in [-0.05, 0) is 59.0 Å². The van der Waals surface area contributed by atoms with E-state index in [2.05, 4.69) is 62.2 Å². The predicted octanol–water partition coefficient (Wildman–Crippen LogP) is 4.58. The van der Waals surface area contributed by atoms with Gasteiger partial charge in [0.05, 0.1) is 0 Å². The van der Waals surface area contributed by atoms with Gasteiger partial charge in [-0.25, -0.2) is 0 Å². The van der Waals surface area contributed by atoms with Crippen LogP contribution in [0.2, 0.25) is 0 Å². The van der Waals surface area contributed by atoms with E-state index in [1.807, 2.05) is 6.07 Å². The molecule has 0 atom stereocenters. The van der Waals surface area contributed by atoms with Crippen molar-refractivity contribution in [3.8, 4) is 11.1 Å². The van der Waals surface area contributed by atoms with Crippen LogP contribution in [0.5, 0.6) is 0 Å². The van der Waals surface area contributed by atoms with Crippen molar-refractivity contribution in [2.45, 2.75) is 6.42 Å². The number of hydrogen-bond donors (Lipinski definition) is 0. The minimum Gasteiger partial charge on any atom is -0.0570 e. The first-order chi connectivity index (χ1) is 7.24. The van der Waals surface area contributed by atoms with Crippen molar-refractivity contribution >= 4 is 31.9 Å². The molecule has 0 amide bonds. The molecule has 0 N–H and O–H groups in total. The molecule has 1 radical (unpaired) electrons. The molecular weight excluding hydrogens is 316 g/mol. The molecule has 0 nitrogen and oxygen atoms in total. The lowest BCUT2D eigenvalue weighted by Gasteiger charge is -2.01. The highest BCUT2D eigenvalue weighted by Crippen LogP contribution is 2.38. The van der Waals surface area contributed by atoms with Crippen molar-refractivity contribution in [2.24, 2.45) is 0 Å². The van der Waals surface area contributed by atoms with Gasteiger partial charge < -0.3 is 0 Å². The third-order valence-electron chi connectivity index (χ3n) is 2.72. The zero-order valence-corrected chi connectivity index (χ0v) is 11.0. The molecule has 15 heavy (non-hydrogen) atoms. The minimum atomic E-state index is 1.01. The topological polar surface area (TPSA) is 0 Å². The van der Waals surface area contributed by atoms with Crippen LogP contribution in [0.4, 0.5) is 0 Å².